The fourth-order valence-corrected chi connectivity index (χ4v) is 3.25. The summed E-state index contributed by atoms with van der Waals surface area (Å²) in [6.07, 6.45) is 0. The Hall–Kier alpha value is 0.0600. The first kappa shape index (κ1) is 11.1. The van der Waals surface area contributed by atoms with Crippen LogP contribution in [0.25, 0.3) is 0 Å². The van der Waals surface area contributed by atoms with Crippen LogP contribution in [-0.2, 0) is 15.6 Å². The molecule has 0 fully saturated rings. The van der Waals surface area contributed by atoms with Crippen LogP contribution in [0.1, 0.15) is 18.9 Å². The third-order valence-corrected chi connectivity index (χ3v) is 5.42. The summed E-state index contributed by atoms with van der Waals surface area (Å²) in [5.74, 6) is 0.0426. The molecule has 0 amide bonds. The fourth-order valence-electron chi connectivity index (χ4n) is 0.694. The summed E-state index contributed by atoms with van der Waals surface area (Å²) in [4.78, 5) is 4.03. The van der Waals surface area contributed by atoms with Gasteiger partial charge in [0.15, 0.2) is 9.84 Å². The van der Waals surface area contributed by atoms with Crippen LogP contribution < -0.4 is 0 Å². The summed E-state index contributed by atoms with van der Waals surface area (Å²) in [7, 11) is -3.01. The maximum atomic E-state index is 11.5. The predicted octanol–water partition coefficient (Wildman–Crippen LogP) is 2.23. The van der Waals surface area contributed by atoms with Crippen molar-refractivity contribution < 1.29 is 8.42 Å². The summed E-state index contributed by atoms with van der Waals surface area (Å²) in [5.41, 5.74) is 0. The fraction of sp³-hybridized carbons (Fsp3) is 0.571. The summed E-state index contributed by atoms with van der Waals surface area (Å²) in [6, 6.07) is 0. The van der Waals surface area contributed by atoms with Gasteiger partial charge < -0.3 is 0 Å². The Morgan fingerprint density at radius 2 is 2.23 bits per heavy atom. The van der Waals surface area contributed by atoms with E-state index in [0.717, 1.165) is 0 Å². The second kappa shape index (κ2) is 4.06. The number of halogens is 1. The Morgan fingerprint density at radius 3 is 2.62 bits per heavy atom. The number of sulfone groups is 1. The van der Waals surface area contributed by atoms with Crippen molar-refractivity contribution in [2.24, 2.45) is 0 Å². The van der Waals surface area contributed by atoms with Crippen molar-refractivity contribution in [3.05, 3.63) is 15.0 Å². The van der Waals surface area contributed by atoms with Crippen molar-refractivity contribution in [2.75, 3.05) is 0 Å². The first-order valence-electron chi connectivity index (χ1n) is 3.73. The van der Waals surface area contributed by atoms with Crippen molar-refractivity contribution in [3.63, 3.8) is 0 Å². The average Bonchev–Trinajstić information content (AvgIpc) is 2.34. The summed E-state index contributed by atoms with van der Waals surface area (Å²) >= 11 is 4.54. The van der Waals surface area contributed by atoms with Gasteiger partial charge in [-0.3, -0.25) is 0 Å². The zero-order valence-corrected chi connectivity index (χ0v) is 10.5. The summed E-state index contributed by atoms with van der Waals surface area (Å²) < 4.78 is 23.6. The van der Waals surface area contributed by atoms with Crippen molar-refractivity contribution in [2.45, 2.75) is 24.9 Å². The molecule has 0 aliphatic heterocycles. The lowest BCUT2D eigenvalue weighted by molar-refractivity contribution is 0.586. The molecule has 13 heavy (non-hydrogen) atoms. The van der Waals surface area contributed by atoms with E-state index < -0.39 is 9.84 Å². The highest BCUT2D eigenvalue weighted by Gasteiger charge is 2.18. The lowest BCUT2D eigenvalue weighted by Crippen LogP contribution is -2.15. The van der Waals surface area contributed by atoms with Crippen LogP contribution in [-0.4, -0.2) is 18.7 Å². The monoisotopic (exact) mass is 283 g/mol. The van der Waals surface area contributed by atoms with Crippen LogP contribution in [0.15, 0.2) is 9.98 Å². The van der Waals surface area contributed by atoms with Crippen LogP contribution in [0.5, 0.6) is 0 Å². The lowest BCUT2D eigenvalue weighted by atomic mass is 10.6. The molecule has 0 bridgehead atoms. The Kier molecular flexibility index (Phi) is 3.48. The second-order valence-electron chi connectivity index (χ2n) is 2.92. The average molecular weight is 284 g/mol. The van der Waals surface area contributed by atoms with Gasteiger partial charge in [0.05, 0.1) is 5.25 Å². The van der Waals surface area contributed by atoms with Gasteiger partial charge in [-0.25, -0.2) is 13.4 Å². The number of nitrogens with zero attached hydrogens (tertiary/aromatic N) is 1. The molecular weight excluding hydrogens is 274 g/mol. The molecule has 1 rings (SSSR count). The third kappa shape index (κ3) is 3.03. The van der Waals surface area contributed by atoms with Gasteiger partial charge >= 0.3 is 0 Å². The molecule has 0 aliphatic rings. The van der Waals surface area contributed by atoms with Gasteiger partial charge in [0.2, 0.25) is 0 Å². The van der Waals surface area contributed by atoms with E-state index >= 15 is 0 Å². The van der Waals surface area contributed by atoms with Gasteiger partial charge in [-0.05, 0) is 29.8 Å². The molecule has 0 aliphatic carbocycles. The molecule has 0 aromatic carbocycles. The quantitative estimate of drug-likeness (QED) is 0.855. The normalized spacial score (nSPS) is 12.3. The van der Waals surface area contributed by atoms with Crippen molar-refractivity contribution in [1.82, 2.24) is 4.98 Å². The Balaban J connectivity index is 2.81. The summed E-state index contributed by atoms with van der Waals surface area (Å²) in [5, 5.41) is 2.08. The molecule has 0 saturated carbocycles. The molecular formula is C7H10BrNO2S2. The number of hydrogen-bond donors (Lipinski definition) is 0. The zero-order chi connectivity index (χ0) is 10.1. The molecule has 0 spiro atoms. The van der Waals surface area contributed by atoms with Gasteiger partial charge in [-0.15, -0.1) is 11.3 Å². The lowest BCUT2D eigenvalue weighted by Gasteiger charge is -2.04. The molecule has 1 heterocycles. The van der Waals surface area contributed by atoms with E-state index in [1.807, 2.05) is 0 Å². The van der Waals surface area contributed by atoms with Gasteiger partial charge in [0.1, 0.15) is 15.4 Å². The molecule has 6 heteroatoms. The van der Waals surface area contributed by atoms with E-state index in [-0.39, 0.29) is 11.0 Å². The minimum Gasteiger partial charge on any atom is -0.233 e. The maximum Gasteiger partial charge on any atom is 0.159 e. The highest BCUT2D eigenvalue weighted by Crippen LogP contribution is 2.18. The van der Waals surface area contributed by atoms with Crippen molar-refractivity contribution in [1.29, 1.82) is 0 Å². The predicted molar refractivity (Wildman–Crippen MR) is 57.6 cm³/mol. The standard InChI is InChI=1S/C7H10BrNO2S2/c1-5(2)13(10,11)4-7-9-6(8)3-12-7/h3,5H,4H2,1-2H3. The van der Waals surface area contributed by atoms with Crippen molar-refractivity contribution in [3.8, 4) is 0 Å². The van der Waals surface area contributed by atoms with E-state index in [2.05, 4.69) is 20.9 Å². The van der Waals surface area contributed by atoms with Gasteiger partial charge in [-0.2, -0.15) is 0 Å². The van der Waals surface area contributed by atoms with Gasteiger partial charge in [0.25, 0.3) is 0 Å². The Labute approximate surface area is 90.2 Å². The van der Waals surface area contributed by atoms with Crippen LogP contribution in [0.2, 0.25) is 0 Å². The minimum absolute atomic E-state index is 0.0426. The largest absolute Gasteiger partial charge is 0.233 e. The number of rotatable bonds is 3. The molecule has 1 aromatic heterocycles. The molecule has 0 saturated heterocycles. The second-order valence-corrected chi connectivity index (χ2v) is 7.23. The van der Waals surface area contributed by atoms with Crippen LogP contribution >= 0.6 is 27.3 Å². The van der Waals surface area contributed by atoms with Gasteiger partial charge in [-0.1, -0.05) is 0 Å². The molecule has 0 N–H and O–H groups in total. The molecule has 74 valence electrons. The number of aromatic nitrogens is 1. The van der Waals surface area contributed by atoms with Crippen LogP contribution in [0.3, 0.4) is 0 Å². The van der Waals surface area contributed by atoms with Crippen LogP contribution in [0, 0.1) is 0 Å². The maximum absolute atomic E-state index is 11.5. The molecule has 0 radical (unpaired) electrons. The molecule has 0 atom stereocenters. The van der Waals surface area contributed by atoms with Crippen LogP contribution in [0.4, 0.5) is 0 Å². The van der Waals surface area contributed by atoms with E-state index in [1.165, 1.54) is 11.3 Å². The van der Waals surface area contributed by atoms with E-state index in [0.29, 0.717) is 9.61 Å². The van der Waals surface area contributed by atoms with Crippen molar-refractivity contribution >= 4 is 37.1 Å². The molecule has 1 aromatic rings. The smallest absolute Gasteiger partial charge is 0.159 e. The Morgan fingerprint density at radius 1 is 1.62 bits per heavy atom. The SMILES string of the molecule is CC(C)S(=O)(=O)Cc1nc(Br)cs1. The first-order chi connectivity index (χ1) is 5.92. The topological polar surface area (TPSA) is 47.0 Å². The van der Waals surface area contributed by atoms with E-state index in [9.17, 15) is 8.42 Å². The Bertz CT molecular complexity index is 383. The van der Waals surface area contributed by atoms with Gasteiger partial charge in [0, 0.05) is 5.38 Å². The number of hydrogen-bond acceptors (Lipinski definition) is 4. The first-order valence-corrected chi connectivity index (χ1v) is 7.12. The summed E-state index contributed by atoms with van der Waals surface area (Å²) in [6.45, 7) is 3.36. The molecule has 3 nitrogen and oxygen atoms in total. The number of thiazole rings is 1. The highest BCUT2D eigenvalue weighted by atomic mass is 79.9. The third-order valence-electron chi connectivity index (χ3n) is 1.57. The van der Waals surface area contributed by atoms with E-state index in [1.54, 1.807) is 19.2 Å². The van der Waals surface area contributed by atoms with E-state index in [4.69, 9.17) is 0 Å². The molecule has 0 unspecified atom stereocenters. The minimum atomic E-state index is -3.01. The highest BCUT2D eigenvalue weighted by molar-refractivity contribution is 9.10. The zero-order valence-electron chi connectivity index (χ0n) is 7.32.